The molecule has 0 saturated carbocycles. The van der Waals surface area contributed by atoms with E-state index in [-0.39, 0.29) is 5.82 Å². The molecule has 7 heteroatoms. The quantitative estimate of drug-likeness (QED) is 0.761. The Morgan fingerprint density at radius 1 is 1.35 bits per heavy atom. The lowest BCUT2D eigenvalue weighted by molar-refractivity contribution is 0.194. The second-order valence-corrected chi connectivity index (χ2v) is 3.40. The van der Waals surface area contributed by atoms with Crippen LogP contribution >= 0.6 is 0 Å². The molecule has 2 aromatic rings. The first kappa shape index (κ1) is 11.5. The molecule has 0 aliphatic carbocycles. The van der Waals surface area contributed by atoms with Gasteiger partial charge in [0.25, 0.3) is 5.89 Å². The summed E-state index contributed by atoms with van der Waals surface area (Å²) in [6.45, 7) is 0.664. The molecule has 2 aromatic heterocycles. The zero-order valence-electron chi connectivity index (χ0n) is 9.46. The molecule has 2 N–H and O–H groups in total. The maximum absolute atomic E-state index is 5.66. The summed E-state index contributed by atoms with van der Waals surface area (Å²) in [5.41, 5.74) is 6.08. The van der Waals surface area contributed by atoms with E-state index in [1.54, 1.807) is 7.11 Å². The Morgan fingerprint density at radius 2 is 2.18 bits per heavy atom. The van der Waals surface area contributed by atoms with Crippen molar-refractivity contribution in [1.29, 1.82) is 0 Å². The first-order chi connectivity index (χ1) is 8.31. The van der Waals surface area contributed by atoms with Gasteiger partial charge in [-0.05, 0) is 6.42 Å². The van der Waals surface area contributed by atoms with Gasteiger partial charge in [0.1, 0.15) is 0 Å². The molecule has 90 valence electrons. The molecule has 0 aromatic carbocycles. The van der Waals surface area contributed by atoms with Crippen LogP contribution in [0.4, 0.5) is 5.82 Å². The fourth-order valence-electron chi connectivity index (χ4n) is 1.34. The number of ether oxygens (including phenoxy) is 1. The minimum Gasteiger partial charge on any atom is -0.385 e. The average Bonchev–Trinajstić information content (AvgIpc) is 2.79. The highest BCUT2D eigenvalue weighted by atomic mass is 16.5. The second-order valence-electron chi connectivity index (χ2n) is 3.40. The minimum absolute atomic E-state index is 0.277. The van der Waals surface area contributed by atoms with Crippen molar-refractivity contribution in [2.75, 3.05) is 19.5 Å². The lowest BCUT2D eigenvalue weighted by Gasteiger charge is -1.95. The number of anilines is 1. The summed E-state index contributed by atoms with van der Waals surface area (Å²) < 4.78 is 10.0. The van der Waals surface area contributed by atoms with Crippen molar-refractivity contribution in [3.05, 3.63) is 18.2 Å². The Morgan fingerprint density at radius 3 is 2.94 bits per heavy atom. The van der Waals surface area contributed by atoms with Gasteiger partial charge < -0.3 is 15.0 Å². The molecule has 0 spiro atoms. The minimum atomic E-state index is 0.277. The SMILES string of the molecule is COCCCc1noc(-c2nccnc2N)n1. The van der Waals surface area contributed by atoms with Crippen LogP contribution < -0.4 is 5.73 Å². The molecule has 7 nitrogen and oxygen atoms in total. The maximum Gasteiger partial charge on any atom is 0.280 e. The number of rotatable bonds is 5. The fourth-order valence-corrected chi connectivity index (χ4v) is 1.34. The number of nitrogen functional groups attached to an aromatic ring is 1. The first-order valence-electron chi connectivity index (χ1n) is 5.19. The summed E-state index contributed by atoms with van der Waals surface area (Å²) in [7, 11) is 1.65. The van der Waals surface area contributed by atoms with Gasteiger partial charge in [0.15, 0.2) is 17.3 Å². The normalized spacial score (nSPS) is 10.6. The van der Waals surface area contributed by atoms with Crippen molar-refractivity contribution in [1.82, 2.24) is 20.1 Å². The molecule has 0 aliphatic rings. The summed E-state index contributed by atoms with van der Waals surface area (Å²) in [6.07, 6.45) is 4.57. The van der Waals surface area contributed by atoms with Gasteiger partial charge in [-0.25, -0.2) is 9.97 Å². The average molecular weight is 235 g/mol. The second kappa shape index (κ2) is 5.35. The Balaban J connectivity index is 2.10. The highest BCUT2D eigenvalue weighted by Crippen LogP contribution is 2.18. The Hall–Kier alpha value is -2.02. The summed E-state index contributed by atoms with van der Waals surface area (Å²) in [4.78, 5) is 12.2. The molecule has 0 unspecified atom stereocenters. The van der Waals surface area contributed by atoms with Crippen LogP contribution in [0.3, 0.4) is 0 Å². The Bertz CT molecular complexity index is 485. The zero-order chi connectivity index (χ0) is 12.1. The number of aromatic nitrogens is 4. The van der Waals surface area contributed by atoms with Crippen LogP contribution in [0.5, 0.6) is 0 Å². The number of nitrogens with two attached hydrogens (primary N) is 1. The molecule has 0 bridgehead atoms. The van der Waals surface area contributed by atoms with Crippen LogP contribution in [-0.2, 0) is 11.2 Å². The predicted octanol–water partition coefficient (Wildman–Crippen LogP) is 0.688. The first-order valence-corrected chi connectivity index (χ1v) is 5.19. The Labute approximate surface area is 98.0 Å². The van der Waals surface area contributed by atoms with E-state index in [0.29, 0.717) is 30.4 Å². The molecular formula is C10H13N5O2. The number of hydrogen-bond donors (Lipinski definition) is 1. The van der Waals surface area contributed by atoms with E-state index in [9.17, 15) is 0 Å². The number of methoxy groups -OCH3 is 1. The molecule has 2 heterocycles. The van der Waals surface area contributed by atoms with Gasteiger partial charge in [0, 0.05) is 32.5 Å². The summed E-state index contributed by atoms with van der Waals surface area (Å²) >= 11 is 0. The van der Waals surface area contributed by atoms with Crippen LogP contribution in [0, 0.1) is 0 Å². The molecule has 2 rings (SSSR count). The standard InChI is InChI=1S/C10H13N5O2/c1-16-6-2-3-7-14-10(17-15-7)8-9(11)13-5-4-12-8/h4-5H,2-3,6H2,1H3,(H2,11,13). The molecule has 17 heavy (non-hydrogen) atoms. The molecular weight excluding hydrogens is 222 g/mol. The van der Waals surface area contributed by atoms with Crippen molar-refractivity contribution in [2.45, 2.75) is 12.8 Å². The van der Waals surface area contributed by atoms with Crippen LogP contribution in [0.1, 0.15) is 12.2 Å². The van der Waals surface area contributed by atoms with Crippen LogP contribution in [-0.4, -0.2) is 33.8 Å². The van der Waals surface area contributed by atoms with E-state index in [1.165, 1.54) is 12.4 Å². The van der Waals surface area contributed by atoms with E-state index < -0.39 is 0 Å². The predicted molar refractivity (Wildman–Crippen MR) is 59.9 cm³/mol. The van der Waals surface area contributed by atoms with Gasteiger partial charge in [0.05, 0.1) is 0 Å². The largest absolute Gasteiger partial charge is 0.385 e. The zero-order valence-corrected chi connectivity index (χ0v) is 9.46. The highest BCUT2D eigenvalue weighted by Gasteiger charge is 2.13. The van der Waals surface area contributed by atoms with E-state index in [0.717, 1.165) is 6.42 Å². The lowest BCUT2D eigenvalue weighted by Crippen LogP contribution is -1.97. The molecule has 0 saturated heterocycles. The molecule has 0 aliphatic heterocycles. The van der Waals surface area contributed by atoms with Crippen molar-refractivity contribution in [2.24, 2.45) is 0 Å². The van der Waals surface area contributed by atoms with Crippen molar-refractivity contribution in [3.8, 4) is 11.6 Å². The fraction of sp³-hybridized carbons (Fsp3) is 0.400. The van der Waals surface area contributed by atoms with E-state index in [1.807, 2.05) is 0 Å². The van der Waals surface area contributed by atoms with E-state index in [4.69, 9.17) is 15.0 Å². The topological polar surface area (TPSA) is 100.0 Å². The van der Waals surface area contributed by atoms with Gasteiger partial charge in [-0.1, -0.05) is 5.16 Å². The maximum atomic E-state index is 5.66. The van der Waals surface area contributed by atoms with E-state index >= 15 is 0 Å². The number of aryl methyl sites for hydroxylation is 1. The number of hydrogen-bond acceptors (Lipinski definition) is 7. The monoisotopic (exact) mass is 235 g/mol. The molecule has 0 amide bonds. The number of nitrogens with zero attached hydrogens (tertiary/aromatic N) is 4. The van der Waals surface area contributed by atoms with Gasteiger partial charge in [0.2, 0.25) is 0 Å². The third kappa shape index (κ3) is 2.76. The molecule has 0 radical (unpaired) electrons. The van der Waals surface area contributed by atoms with Crippen LogP contribution in [0.25, 0.3) is 11.6 Å². The summed E-state index contributed by atoms with van der Waals surface area (Å²) in [5.74, 6) is 1.18. The summed E-state index contributed by atoms with van der Waals surface area (Å²) in [6, 6.07) is 0. The van der Waals surface area contributed by atoms with Crippen molar-refractivity contribution in [3.63, 3.8) is 0 Å². The summed E-state index contributed by atoms with van der Waals surface area (Å²) in [5, 5.41) is 3.84. The highest BCUT2D eigenvalue weighted by molar-refractivity contribution is 5.61. The van der Waals surface area contributed by atoms with Gasteiger partial charge in [-0.15, -0.1) is 0 Å². The Kier molecular flexibility index (Phi) is 3.61. The molecule has 0 atom stereocenters. The van der Waals surface area contributed by atoms with Crippen LogP contribution in [0.2, 0.25) is 0 Å². The molecule has 0 fully saturated rings. The van der Waals surface area contributed by atoms with Crippen LogP contribution in [0.15, 0.2) is 16.9 Å². The van der Waals surface area contributed by atoms with Gasteiger partial charge in [-0.3, -0.25) is 0 Å². The van der Waals surface area contributed by atoms with Gasteiger partial charge in [-0.2, -0.15) is 4.98 Å². The third-order valence-electron chi connectivity index (χ3n) is 2.15. The van der Waals surface area contributed by atoms with Gasteiger partial charge >= 0.3 is 0 Å². The third-order valence-corrected chi connectivity index (χ3v) is 2.15. The van der Waals surface area contributed by atoms with Crippen molar-refractivity contribution >= 4 is 5.82 Å². The lowest BCUT2D eigenvalue weighted by atomic mass is 10.3. The smallest absolute Gasteiger partial charge is 0.280 e. The van der Waals surface area contributed by atoms with Crippen molar-refractivity contribution < 1.29 is 9.26 Å². The van der Waals surface area contributed by atoms with E-state index in [2.05, 4.69) is 20.1 Å².